The molecule has 0 aliphatic rings. The van der Waals surface area contributed by atoms with Gasteiger partial charge in [-0.2, -0.15) is 0 Å². The molecule has 3 heteroatoms. The third-order valence-corrected chi connectivity index (χ3v) is 1.19. The number of allylic oxidation sites excluding steroid dienone is 1. The van der Waals surface area contributed by atoms with Gasteiger partial charge in [0.05, 0.1) is 17.9 Å². The third kappa shape index (κ3) is 5.98. The Labute approximate surface area is 73.8 Å². The first kappa shape index (κ1) is 10.6. The van der Waals surface area contributed by atoms with Crippen LogP contribution in [0.25, 0.3) is 0 Å². The summed E-state index contributed by atoms with van der Waals surface area (Å²) in [4.78, 5) is 4.01. The van der Waals surface area contributed by atoms with Crippen LogP contribution in [-0.2, 0) is 4.74 Å². The molecular weight excluding hydrogens is 158 g/mol. The van der Waals surface area contributed by atoms with Gasteiger partial charge in [0.15, 0.2) is 0 Å². The van der Waals surface area contributed by atoms with Crippen LogP contribution in [0.1, 0.15) is 27.2 Å². The van der Waals surface area contributed by atoms with E-state index in [0.717, 1.165) is 17.2 Å². The maximum atomic E-state index is 5.26. The van der Waals surface area contributed by atoms with Crippen molar-refractivity contribution in [1.82, 2.24) is 0 Å². The van der Waals surface area contributed by atoms with E-state index in [0.29, 0.717) is 6.61 Å². The lowest BCUT2D eigenvalue weighted by atomic mass is 10.4. The van der Waals surface area contributed by atoms with Gasteiger partial charge in [-0.25, -0.2) is 0 Å². The van der Waals surface area contributed by atoms with Crippen LogP contribution in [0.3, 0.4) is 0 Å². The zero-order valence-electron chi connectivity index (χ0n) is 7.29. The van der Waals surface area contributed by atoms with Crippen LogP contribution in [0.15, 0.2) is 17.0 Å². The van der Waals surface area contributed by atoms with Gasteiger partial charge in [0.25, 0.3) is 0 Å². The van der Waals surface area contributed by atoms with Gasteiger partial charge in [-0.3, -0.25) is 4.99 Å². The lowest BCUT2D eigenvalue weighted by Gasteiger charge is -2.02. The summed E-state index contributed by atoms with van der Waals surface area (Å²) < 4.78 is 5.26. The van der Waals surface area contributed by atoms with Gasteiger partial charge in [-0.05, 0) is 13.8 Å². The lowest BCUT2D eigenvalue weighted by molar-refractivity contribution is 0.220. The molecule has 0 aliphatic carbocycles. The van der Waals surface area contributed by atoms with Crippen molar-refractivity contribution in [3.8, 4) is 0 Å². The summed E-state index contributed by atoms with van der Waals surface area (Å²) in [6.07, 6.45) is 2.59. The van der Waals surface area contributed by atoms with Gasteiger partial charge in [0, 0.05) is 6.42 Å². The van der Waals surface area contributed by atoms with Crippen molar-refractivity contribution in [2.24, 2.45) is 4.99 Å². The summed E-state index contributed by atoms with van der Waals surface area (Å²) in [5.41, 5.74) is 0. The average Bonchev–Trinajstić information content (AvgIpc) is 1.97. The number of aliphatic imine (C=N–C) groups is 1. The topological polar surface area (TPSA) is 21.6 Å². The fourth-order valence-electron chi connectivity index (χ4n) is 0.581. The second-order valence-electron chi connectivity index (χ2n) is 2.06. The highest BCUT2D eigenvalue weighted by atomic mass is 32.1. The van der Waals surface area contributed by atoms with Crippen molar-refractivity contribution in [2.75, 3.05) is 6.61 Å². The molecule has 0 bridgehead atoms. The van der Waals surface area contributed by atoms with E-state index in [2.05, 4.69) is 17.6 Å². The lowest BCUT2D eigenvalue weighted by Crippen LogP contribution is -1.89. The molecule has 0 aromatic rings. The summed E-state index contributed by atoms with van der Waals surface area (Å²) in [6.45, 7) is 6.52. The molecule has 0 saturated carbocycles. The van der Waals surface area contributed by atoms with Crippen LogP contribution in [-0.4, -0.2) is 11.7 Å². The highest BCUT2D eigenvalue weighted by Crippen LogP contribution is 2.02. The molecule has 64 valence electrons. The Hall–Kier alpha value is -0.440. The minimum atomic E-state index is 0.695. The maximum Gasteiger partial charge on any atom is 0.114 e. The molecule has 0 aromatic heterocycles. The molecule has 0 fully saturated rings. The zero-order chi connectivity index (χ0) is 8.69. The molecule has 0 heterocycles. The van der Waals surface area contributed by atoms with Gasteiger partial charge in [-0.15, -0.1) is 12.6 Å². The maximum absolute atomic E-state index is 5.26. The summed E-state index contributed by atoms with van der Waals surface area (Å²) in [5.74, 6) is 0.904. The monoisotopic (exact) mass is 173 g/mol. The normalized spacial score (nSPS) is 13.5. The van der Waals surface area contributed by atoms with Crippen molar-refractivity contribution < 1.29 is 4.74 Å². The molecule has 11 heavy (non-hydrogen) atoms. The Bertz CT molecular complexity index is 159. The first-order valence-electron chi connectivity index (χ1n) is 3.75. The standard InChI is InChI=1S/C8H15NOS/c1-4-8(10-5-2)6-9-7(3)11/h6H,4-5H2,1-3H3,(H,9,11)/b8-6+. The number of thiol groups is 1. The summed E-state index contributed by atoms with van der Waals surface area (Å²) in [5, 5.41) is 0.746. The van der Waals surface area contributed by atoms with Crippen LogP contribution in [0.5, 0.6) is 0 Å². The predicted octanol–water partition coefficient (Wildman–Crippen LogP) is 2.62. The van der Waals surface area contributed by atoms with Crippen LogP contribution in [0.4, 0.5) is 0 Å². The molecular formula is C8H15NOS. The van der Waals surface area contributed by atoms with E-state index in [1.807, 2.05) is 20.8 Å². The van der Waals surface area contributed by atoms with E-state index < -0.39 is 0 Å². The molecule has 0 N–H and O–H groups in total. The minimum Gasteiger partial charge on any atom is -0.497 e. The molecule has 0 saturated heterocycles. The molecule has 0 amide bonds. The Kier molecular flexibility index (Phi) is 6.03. The molecule has 0 aromatic carbocycles. The first-order chi connectivity index (χ1) is 5.20. The number of hydrogen-bond donors (Lipinski definition) is 1. The van der Waals surface area contributed by atoms with Gasteiger partial charge < -0.3 is 4.74 Å². The van der Waals surface area contributed by atoms with E-state index in [1.165, 1.54) is 0 Å². The van der Waals surface area contributed by atoms with Gasteiger partial charge in [0.2, 0.25) is 0 Å². The van der Waals surface area contributed by atoms with Crippen LogP contribution >= 0.6 is 12.6 Å². The molecule has 0 unspecified atom stereocenters. The van der Waals surface area contributed by atoms with Crippen LogP contribution in [0, 0.1) is 0 Å². The zero-order valence-corrected chi connectivity index (χ0v) is 8.19. The Balaban J connectivity index is 4.00. The largest absolute Gasteiger partial charge is 0.497 e. The predicted molar refractivity (Wildman–Crippen MR) is 52.1 cm³/mol. The highest BCUT2D eigenvalue weighted by molar-refractivity contribution is 7.96. The average molecular weight is 173 g/mol. The number of hydrogen-bond acceptors (Lipinski definition) is 2. The van der Waals surface area contributed by atoms with Crippen molar-refractivity contribution in [3.05, 3.63) is 12.0 Å². The van der Waals surface area contributed by atoms with Gasteiger partial charge in [0.1, 0.15) is 5.76 Å². The third-order valence-electron chi connectivity index (χ3n) is 1.07. The molecule has 0 aliphatic heterocycles. The van der Waals surface area contributed by atoms with E-state index in [-0.39, 0.29) is 0 Å². The van der Waals surface area contributed by atoms with E-state index >= 15 is 0 Å². The van der Waals surface area contributed by atoms with Crippen molar-refractivity contribution >= 4 is 17.7 Å². The molecule has 0 atom stereocenters. The fraction of sp³-hybridized carbons (Fsp3) is 0.625. The molecule has 2 nitrogen and oxygen atoms in total. The van der Waals surface area contributed by atoms with Crippen LogP contribution in [0.2, 0.25) is 0 Å². The van der Waals surface area contributed by atoms with Crippen molar-refractivity contribution in [2.45, 2.75) is 27.2 Å². The summed E-state index contributed by atoms with van der Waals surface area (Å²) >= 11 is 4.03. The smallest absolute Gasteiger partial charge is 0.114 e. The van der Waals surface area contributed by atoms with Crippen LogP contribution < -0.4 is 0 Å². The van der Waals surface area contributed by atoms with Crippen molar-refractivity contribution in [1.29, 1.82) is 0 Å². The highest BCUT2D eigenvalue weighted by Gasteiger charge is 1.90. The second-order valence-corrected chi connectivity index (χ2v) is 2.71. The fourth-order valence-corrected chi connectivity index (χ4v) is 0.639. The van der Waals surface area contributed by atoms with Gasteiger partial charge >= 0.3 is 0 Å². The second kappa shape index (κ2) is 6.28. The summed E-state index contributed by atoms with van der Waals surface area (Å²) in [6, 6.07) is 0. The van der Waals surface area contributed by atoms with E-state index in [1.54, 1.807) is 6.20 Å². The number of rotatable bonds is 4. The van der Waals surface area contributed by atoms with Crippen molar-refractivity contribution in [3.63, 3.8) is 0 Å². The quantitative estimate of drug-likeness (QED) is 0.300. The first-order valence-corrected chi connectivity index (χ1v) is 4.20. The number of ether oxygens (including phenoxy) is 1. The molecule has 0 rings (SSSR count). The number of nitrogens with zero attached hydrogens (tertiary/aromatic N) is 1. The minimum absolute atomic E-state index is 0.695. The van der Waals surface area contributed by atoms with E-state index in [9.17, 15) is 0 Å². The Morgan fingerprint density at radius 1 is 1.55 bits per heavy atom. The Morgan fingerprint density at radius 2 is 2.18 bits per heavy atom. The summed E-state index contributed by atoms with van der Waals surface area (Å²) in [7, 11) is 0. The molecule has 0 spiro atoms. The van der Waals surface area contributed by atoms with E-state index in [4.69, 9.17) is 4.74 Å². The molecule has 0 radical (unpaired) electrons. The Morgan fingerprint density at radius 3 is 2.55 bits per heavy atom. The van der Waals surface area contributed by atoms with Gasteiger partial charge in [-0.1, -0.05) is 6.92 Å². The SMILES string of the molecule is CCO/C(=C/N=C(\C)S)CC.